The number of sulfonamides is 1. The summed E-state index contributed by atoms with van der Waals surface area (Å²) in [6.07, 6.45) is 3.10. The first-order valence-corrected chi connectivity index (χ1v) is 10.3. The zero-order chi connectivity index (χ0) is 18.2. The molecule has 8 heteroatoms. The Hall–Kier alpha value is -1.59. The molecule has 0 aromatic heterocycles. The highest BCUT2D eigenvalue weighted by molar-refractivity contribution is 9.09. The van der Waals surface area contributed by atoms with Crippen molar-refractivity contribution >= 4 is 31.9 Å². The van der Waals surface area contributed by atoms with E-state index in [2.05, 4.69) is 21.2 Å². The van der Waals surface area contributed by atoms with Crippen LogP contribution in [0.1, 0.15) is 25.8 Å². The van der Waals surface area contributed by atoms with Crippen LogP contribution < -0.4 is 5.32 Å². The van der Waals surface area contributed by atoms with E-state index in [0.29, 0.717) is 18.3 Å². The van der Waals surface area contributed by atoms with Crippen molar-refractivity contribution in [1.29, 1.82) is 5.26 Å². The topological polar surface area (TPSA) is 90.3 Å². The van der Waals surface area contributed by atoms with Gasteiger partial charge in [0.2, 0.25) is 5.91 Å². The van der Waals surface area contributed by atoms with Crippen molar-refractivity contribution in [2.24, 2.45) is 5.92 Å². The molecule has 0 saturated heterocycles. The van der Waals surface area contributed by atoms with Gasteiger partial charge in [0, 0.05) is 17.8 Å². The quantitative estimate of drug-likeness (QED) is 0.380. The van der Waals surface area contributed by atoms with Crippen molar-refractivity contribution in [1.82, 2.24) is 9.62 Å². The average Bonchev–Trinajstić information content (AvgIpc) is 2.59. The van der Waals surface area contributed by atoms with Crippen LogP contribution in [0.3, 0.4) is 0 Å². The van der Waals surface area contributed by atoms with Gasteiger partial charge in [0.05, 0.1) is 11.4 Å². The van der Waals surface area contributed by atoms with Gasteiger partial charge < -0.3 is 5.32 Å². The van der Waals surface area contributed by atoms with E-state index in [1.165, 1.54) is 12.1 Å². The highest BCUT2D eigenvalue weighted by Crippen LogP contribution is 2.16. The zero-order valence-electron chi connectivity index (χ0n) is 13.8. The maximum absolute atomic E-state index is 12.3. The predicted molar refractivity (Wildman–Crippen MR) is 95.9 cm³/mol. The molecule has 0 heterocycles. The number of alkyl halides is 1. The summed E-state index contributed by atoms with van der Waals surface area (Å²) in [6.45, 7) is 4.43. The number of carbonyl (C=O) groups is 1. The monoisotopic (exact) mass is 415 g/mol. The Labute approximate surface area is 152 Å². The minimum atomic E-state index is -3.81. The van der Waals surface area contributed by atoms with Gasteiger partial charge in [-0.05, 0) is 30.5 Å². The minimum absolute atomic E-state index is 0.0103. The van der Waals surface area contributed by atoms with Gasteiger partial charge in [0.15, 0.2) is 6.19 Å². The molecule has 0 radical (unpaired) electrons. The van der Waals surface area contributed by atoms with Crippen molar-refractivity contribution in [2.45, 2.75) is 31.6 Å². The van der Waals surface area contributed by atoms with E-state index in [9.17, 15) is 13.2 Å². The van der Waals surface area contributed by atoms with Crippen LogP contribution in [0.5, 0.6) is 0 Å². The van der Waals surface area contributed by atoms with Crippen LogP contribution in [0.4, 0.5) is 0 Å². The molecule has 1 amide bonds. The normalized spacial score (nSPS) is 12.2. The third-order valence-corrected chi connectivity index (χ3v) is 5.75. The van der Waals surface area contributed by atoms with Gasteiger partial charge in [-0.15, -0.1) is 0 Å². The molecule has 0 fully saturated rings. The lowest BCUT2D eigenvalue weighted by atomic mass is 10.1. The number of carbonyl (C=O) groups excluding carboxylic acids is 1. The standard InChI is InChI=1S/C16H22BrN3O3S/c1-3-13(2)16(21)19-10-8-14-4-6-15(7-5-14)24(22,23)20(12-18)11-9-17/h4-7,13H,3,8-11H2,1-2H3,(H,19,21). The first-order valence-electron chi connectivity index (χ1n) is 7.71. The Balaban J connectivity index is 2.69. The second-order valence-electron chi connectivity index (χ2n) is 5.36. The fourth-order valence-corrected chi connectivity index (χ4v) is 3.71. The summed E-state index contributed by atoms with van der Waals surface area (Å²) in [5.41, 5.74) is 0.919. The number of nitrogens with zero attached hydrogens (tertiary/aromatic N) is 2. The van der Waals surface area contributed by atoms with Gasteiger partial charge in [0.25, 0.3) is 10.0 Å². The molecule has 0 aliphatic rings. The van der Waals surface area contributed by atoms with Gasteiger partial charge in [-0.1, -0.05) is 41.9 Å². The van der Waals surface area contributed by atoms with E-state index in [4.69, 9.17) is 5.26 Å². The van der Waals surface area contributed by atoms with Crippen LogP contribution in [0.15, 0.2) is 29.2 Å². The fraction of sp³-hybridized carbons (Fsp3) is 0.500. The van der Waals surface area contributed by atoms with Crippen LogP contribution in [0.2, 0.25) is 0 Å². The molecule has 1 unspecified atom stereocenters. The highest BCUT2D eigenvalue weighted by Gasteiger charge is 2.22. The SMILES string of the molecule is CCC(C)C(=O)NCCc1ccc(S(=O)(=O)N(C#N)CCBr)cc1. The molecule has 24 heavy (non-hydrogen) atoms. The van der Waals surface area contributed by atoms with Gasteiger partial charge in [0.1, 0.15) is 0 Å². The van der Waals surface area contributed by atoms with E-state index in [1.807, 2.05) is 13.8 Å². The Morgan fingerprint density at radius 3 is 2.50 bits per heavy atom. The lowest BCUT2D eigenvalue weighted by molar-refractivity contribution is -0.124. The molecule has 0 aliphatic carbocycles. The van der Waals surface area contributed by atoms with Gasteiger partial charge in [-0.3, -0.25) is 4.79 Å². The second kappa shape index (κ2) is 9.64. The van der Waals surface area contributed by atoms with Gasteiger partial charge >= 0.3 is 0 Å². The largest absolute Gasteiger partial charge is 0.356 e. The molecule has 1 aromatic carbocycles. The molecule has 0 aliphatic heterocycles. The summed E-state index contributed by atoms with van der Waals surface area (Å²) < 4.78 is 25.4. The fourth-order valence-electron chi connectivity index (χ4n) is 1.95. The summed E-state index contributed by atoms with van der Waals surface area (Å²) in [7, 11) is -3.81. The summed E-state index contributed by atoms with van der Waals surface area (Å²) in [5, 5.41) is 12.2. The zero-order valence-corrected chi connectivity index (χ0v) is 16.2. The third-order valence-electron chi connectivity index (χ3n) is 3.68. The Bertz CT molecular complexity index is 684. The van der Waals surface area contributed by atoms with E-state index in [0.717, 1.165) is 16.3 Å². The second-order valence-corrected chi connectivity index (χ2v) is 8.02. The number of benzene rings is 1. The Morgan fingerprint density at radius 1 is 1.38 bits per heavy atom. The molecule has 6 nitrogen and oxygen atoms in total. The molecule has 1 aromatic rings. The van der Waals surface area contributed by atoms with Crippen LogP contribution in [0.25, 0.3) is 0 Å². The number of hydrogen-bond acceptors (Lipinski definition) is 4. The maximum atomic E-state index is 12.3. The first kappa shape index (κ1) is 20.5. The molecule has 132 valence electrons. The van der Waals surface area contributed by atoms with Gasteiger partial charge in [-0.25, -0.2) is 12.7 Å². The van der Waals surface area contributed by atoms with Crippen molar-refractivity contribution in [3.05, 3.63) is 29.8 Å². The van der Waals surface area contributed by atoms with Crippen LogP contribution in [0, 0.1) is 17.4 Å². The van der Waals surface area contributed by atoms with E-state index in [-0.39, 0.29) is 23.3 Å². The smallest absolute Gasteiger partial charge is 0.272 e. The molecule has 1 N–H and O–H groups in total. The van der Waals surface area contributed by atoms with Crippen molar-refractivity contribution in [3.63, 3.8) is 0 Å². The molecular formula is C16H22BrN3O3S. The number of rotatable bonds is 9. The number of amides is 1. The number of hydrogen-bond donors (Lipinski definition) is 1. The van der Waals surface area contributed by atoms with Crippen LogP contribution in [-0.2, 0) is 21.2 Å². The average molecular weight is 416 g/mol. The van der Waals surface area contributed by atoms with Crippen LogP contribution >= 0.6 is 15.9 Å². The summed E-state index contributed by atoms with van der Waals surface area (Å²) >= 11 is 3.13. The number of halogens is 1. The Kier molecular flexibility index (Phi) is 8.22. The predicted octanol–water partition coefficient (Wildman–Crippen LogP) is 2.26. The molecule has 1 rings (SSSR count). The molecule has 0 spiro atoms. The van der Waals surface area contributed by atoms with Crippen molar-refractivity contribution in [3.8, 4) is 6.19 Å². The maximum Gasteiger partial charge on any atom is 0.272 e. The van der Waals surface area contributed by atoms with E-state index < -0.39 is 10.0 Å². The highest BCUT2D eigenvalue weighted by atomic mass is 79.9. The first-order chi connectivity index (χ1) is 11.4. The lowest BCUT2D eigenvalue weighted by Crippen LogP contribution is -2.30. The van der Waals surface area contributed by atoms with E-state index in [1.54, 1.807) is 18.3 Å². The summed E-state index contributed by atoms with van der Waals surface area (Å²) in [4.78, 5) is 11.8. The lowest BCUT2D eigenvalue weighted by Gasteiger charge is -2.15. The minimum Gasteiger partial charge on any atom is -0.356 e. The van der Waals surface area contributed by atoms with Crippen LogP contribution in [-0.4, -0.2) is 37.0 Å². The summed E-state index contributed by atoms with van der Waals surface area (Å²) in [5.74, 6) is 0.0139. The molecule has 0 bridgehead atoms. The molecule has 0 saturated carbocycles. The van der Waals surface area contributed by atoms with Crippen molar-refractivity contribution < 1.29 is 13.2 Å². The summed E-state index contributed by atoms with van der Waals surface area (Å²) in [6, 6.07) is 6.37. The number of nitriles is 1. The number of nitrogens with one attached hydrogen (secondary N) is 1. The third kappa shape index (κ3) is 5.49. The van der Waals surface area contributed by atoms with E-state index >= 15 is 0 Å². The Morgan fingerprint density at radius 2 is 2.00 bits per heavy atom. The molecular weight excluding hydrogens is 394 g/mol. The van der Waals surface area contributed by atoms with Gasteiger partial charge in [-0.2, -0.15) is 5.26 Å². The molecule has 1 atom stereocenters. The van der Waals surface area contributed by atoms with Crippen molar-refractivity contribution in [2.75, 3.05) is 18.4 Å².